The van der Waals surface area contributed by atoms with Gasteiger partial charge in [-0.15, -0.1) is 11.3 Å². The zero-order valence-corrected chi connectivity index (χ0v) is 19.3. The third kappa shape index (κ3) is 3.89. The lowest BCUT2D eigenvalue weighted by Crippen LogP contribution is -2.35. The second kappa shape index (κ2) is 8.40. The lowest BCUT2D eigenvalue weighted by molar-refractivity contribution is 0.100. The maximum absolute atomic E-state index is 13.4. The number of para-hydroxylation sites is 1. The van der Waals surface area contributed by atoms with Gasteiger partial charge in [-0.2, -0.15) is 0 Å². The first-order valence-electron chi connectivity index (χ1n) is 10.1. The normalized spacial score (nSPS) is 13.5. The first-order valence-corrected chi connectivity index (χ1v) is 12.4. The molecule has 166 valence electrons. The molecule has 0 saturated carbocycles. The van der Waals surface area contributed by atoms with Gasteiger partial charge >= 0.3 is 0 Å². The number of carbonyl (C=O) groups is 2. The van der Waals surface area contributed by atoms with Crippen LogP contribution >= 0.6 is 11.3 Å². The molecular formula is C23H23N3O4S2. The summed E-state index contributed by atoms with van der Waals surface area (Å²) in [6, 6.07) is 13.4. The number of aryl methyl sites for hydroxylation is 2. The van der Waals surface area contributed by atoms with Crippen molar-refractivity contribution in [3.05, 3.63) is 75.7 Å². The Labute approximate surface area is 190 Å². The summed E-state index contributed by atoms with van der Waals surface area (Å²) >= 11 is 1.26. The first-order chi connectivity index (χ1) is 15.2. The minimum absolute atomic E-state index is 0.0375. The number of anilines is 2. The van der Waals surface area contributed by atoms with E-state index in [1.165, 1.54) is 39.9 Å². The highest BCUT2D eigenvalue weighted by Crippen LogP contribution is 2.34. The van der Waals surface area contributed by atoms with Crippen molar-refractivity contribution >= 4 is 43.9 Å². The molecule has 3 N–H and O–H groups in total. The van der Waals surface area contributed by atoms with E-state index >= 15 is 0 Å². The van der Waals surface area contributed by atoms with Gasteiger partial charge in [0.25, 0.3) is 21.8 Å². The van der Waals surface area contributed by atoms with Crippen molar-refractivity contribution in [2.24, 2.45) is 5.73 Å². The van der Waals surface area contributed by atoms with Gasteiger partial charge in [0.1, 0.15) is 5.00 Å². The van der Waals surface area contributed by atoms with Crippen LogP contribution in [-0.2, 0) is 16.4 Å². The first kappa shape index (κ1) is 22.0. The van der Waals surface area contributed by atoms with Gasteiger partial charge in [-0.3, -0.25) is 13.9 Å². The summed E-state index contributed by atoms with van der Waals surface area (Å²) < 4.78 is 28.2. The molecule has 1 aliphatic rings. The molecule has 0 bridgehead atoms. The van der Waals surface area contributed by atoms with Crippen molar-refractivity contribution < 1.29 is 18.0 Å². The van der Waals surface area contributed by atoms with E-state index in [1.807, 2.05) is 25.1 Å². The van der Waals surface area contributed by atoms with Crippen molar-refractivity contribution in [3.63, 3.8) is 0 Å². The molecule has 7 nitrogen and oxygen atoms in total. The SMILES string of the molecule is Cc1sc(NC(=O)c2cccc(S(=O)(=O)N3CCCc4ccccc43)c2)c(C(N)=O)c1C. The Morgan fingerprint density at radius 1 is 1.09 bits per heavy atom. The van der Waals surface area contributed by atoms with Gasteiger partial charge in [-0.05, 0) is 62.1 Å². The predicted octanol–water partition coefficient (Wildman–Crippen LogP) is 3.86. The fourth-order valence-corrected chi connectivity index (χ4v) is 6.51. The molecule has 9 heteroatoms. The van der Waals surface area contributed by atoms with Crippen molar-refractivity contribution in [1.29, 1.82) is 0 Å². The van der Waals surface area contributed by atoms with Gasteiger partial charge in [0, 0.05) is 17.0 Å². The molecular weight excluding hydrogens is 446 g/mol. The van der Waals surface area contributed by atoms with Crippen LogP contribution in [0.4, 0.5) is 10.7 Å². The highest BCUT2D eigenvalue weighted by molar-refractivity contribution is 7.92. The van der Waals surface area contributed by atoms with Gasteiger partial charge in [-0.1, -0.05) is 24.3 Å². The van der Waals surface area contributed by atoms with Crippen LogP contribution in [0.15, 0.2) is 53.4 Å². The van der Waals surface area contributed by atoms with Crippen molar-refractivity contribution in [2.75, 3.05) is 16.2 Å². The molecule has 3 aromatic rings. The van der Waals surface area contributed by atoms with Gasteiger partial charge in [0.2, 0.25) is 0 Å². The standard InChI is InChI=1S/C23H23N3O4S2/c1-14-15(2)31-23(20(14)21(24)27)25-22(28)17-8-5-10-18(13-17)32(29,30)26-12-6-9-16-7-3-4-11-19(16)26/h3-5,7-8,10-11,13H,6,9,12H2,1-2H3,(H2,24,27)(H,25,28). The second-order valence-electron chi connectivity index (χ2n) is 7.64. The minimum Gasteiger partial charge on any atom is -0.365 e. The van der Waals surface area contributed by atoms with Gasteiger partial charge in [0.05, 0.1) is 16.1 Å². The van der Waals surface area contributed by atoms with E-state index in [9.17, 15) is 18.0 Å². The van der Waals surface area contributed by atoms with E-state index in [1.54, 1.807) is 13.0 Å². The number of primary amides is 1. The molecule has 0 aliphatic carbocycles. The summed E-state index contributed by atoms with van der Waals surface area (Å²) in [6.07, 6.45) is 1.55. The summed E-state index contributed by atoms with van der Waals surface area (Å²) in [5.74, 6) is -1.13. The van der Waals surface area contributed by atoms with Crippen LogP contribution < -0.4 is 15.4 Å². The molecule has 0 atom stereocenters. The summed E-state index contributed by atoms with van der Waals surface area (Å²) in [6.45, 7) is 3.99. The Morgan fingerprint density at radius 2 is 1.84 bits per heavy atom. The van der Waals surface area contributed by atoms with Crippen LogP contribution in [0, 0.1) is 13.8 Å². The molecule has 0 saturated heterocycles. The number of fused-ring (bicyclic) bond motifs is 1. The average molecular weight is 470 g/mol. The maximum atomic E-state index is 13.4. The fourth-order valence-electron chi connectivity index (χ4n) is 3.86. The molecule has 2 heterocycles. The smallest absolute Gasteiger partial charge is 0.264 e. The molecule has 2 aromatic carbocycles. The zero-order chi connectivity index (χ0) is 23.0. The van der Waals surface area contributed by atoms with Gasteiger partial charge in [-0.25, -0.2) is 8.42 Å². The van der Waals surface area contributed by atoms with Crippen LogP contribution in [-0.4, -0.2) is 26.8 Å². The van der Waals surface area contributed by atoms with E-state index in [0.717, 1.165) is 28.8 Å². The third-order valence-electron chi connectivity index (χ3n) is 5.61. The quantitative estimate of drug-likeness (QED) is 0.591. The number of hydrogen-bond donors (Lipinski definition) is 2. The third-order valence-corrected chi connectivity index (χ3v) is 8.54. The van der Waals surface area contributed by atoms with E-state index in [0.29, 0.717) is 17.2 Å². The molecule has 2 amide bonds. The predicted molar refractivity (Wildman–Crippen MR) is 126 cm³/mol. The number of nitrogens with one attached hydrogen (secondary N) is 1. The van der Waals surface area contributed by atoms with E-state index in [-0.39, 0.29) is 16.0 Å². The zero-order valence-electron chi connectivity index (χ0n) is 17.7. The Morgan fingerprint density at radius 3 is 2.59 bits per heavy atom. The van der Waals surface area contributed by atoms with Crippen LogP contribution in [0.1, 0.15) is 43.1 Å². The number of nitrogens with two attached hydrogens (primary N) is 1. The summed E-state index contributed by atoms with van der Waals surface area (Å²) in [7, 11) is -3.85. The Bertz CT molecular complexity index is 1330. The van der Waals surface area contributed by atoms with Crippen molar-refractivity contribution in [1.82, 2.24) is 0 Å². The van der Waals surface area contributed by atoms with Crippen LogP contribution in [0.3, 0.4) is 0 Å². The molecule has 1 aliphatic heterocycles. The van der Waals surface area contributed by atoms with Gasteiger partial charge < -0.3 is 11.1 Å². The topological polar surface area (TPSA) is 110 Å². The monoisotopic (exact) mass is 469 g/mol. The van der Waals surface area contributed by atoms with Crippen LogP contribution in [0.2, 0.25) is 0 Å². The second-order valence-corrected chi connectivity index (χ2v) is 10.7. The van der Waals surface area contributed by atoms with Crippen LogP contribution in [0.5, 0.6) is 0 Å². The number of carbonyl (C=O) groups excluding carboxylic acids is 2. The number of amides is 2. The number of nitrogens with zero attached hydrogens (tertiary/aromatic N) is 1. The molecule has 1 aromatic heterocycles. The number of benzene rings is 2. The average Bonchev–Trinajstić information content (AvgIpc) is 3.06. The van der Waals surface area contributed by atoms with Crippen molar-refractivity contribution in [2.45, 2.75) is 31.6 Å². The largest absolute Gasteiger partial charge is 0.365 e. The molecule has 0 unspecified atom stereocenters. The Kier molecular flexibility index (Phi) is 5.79. The Balaban J connectivity index is 1.66. The molecule has 32 heavy (non-hydrogen) atoms. The van der Waals surface area contributed by atoms with E-state index in [4.69, 9.17) is 5.73 Å². The summed E-state index contributed by atoms with van der Waals surface area (Å²) in [5.41, 5.74) is 8.30. The lowest BCUT2D eigenvalue weighted by Gasteiger charge is -2.30. The van der Waals surface area contributed by atoms with E-state index in [2.05, 4.69) is 5.32 Å². The summed E-state index contributed by atoms with van der Waals surface area (Å²) in [5, 5.41) is 3.07. The molecule has 4 rings (SSSR count). The highest BCUT2D eigenvalue weighted by Gasteiger charge is 2.29. The van der Waals surface area contributed by atoms with Crippen molar-refractivity contribution in [3.8, 4) is 0 Å². The number of rotatable bonds is 5. The Hall–Kier alpha value is -3.17. The lowest BCUT2D eigenvalue weighted by atomic mass is 10.0. The van der Waals surface area contributed by atoms with Gasteiger partial charge in [0.15, 0.2) is 0 Å². The minimum atomic E-state index is -3.85. The van der Waals surface area contributed by atoms with Crippen LogP contribution in [0.25, 0.3) is 0 Å². The molecule has 0 spiro atoms. The number of sulfonamides is 1. The molecule has 0 radical (unpaired) electrons. The maximum Gasteiger partial charge on any atom is 0.264 e. The summed E-state index contributed by atoms with van der Waals surface area (Å²) in [4.78, 5) is 25.6. The highest BCUT2D eigenvalue weighted by atomic mass is 32.2. The number of thiophene rings is 1. The fraction of sp³-hybridized carbons (Fsp3) is 0.217. The molecule has 0 fully saturated rings. The van der Waals surface area contributed by atoms with E-state index < -0.39 is 21.8 Å². The number of hydrogen-bond acceptors (Lipinski definition) is 5.